The predicted octanol–water partition coefficient (Wildman–Crippen LogP) is 4.52. The average molecular weight is 325 g/mol. The van der Waals surface area contributed by atoms with Crippen molar-refractivity contribution in [3.05, 3.63) is 28.7 Å². The highest BCUT2D eigenvalue weighted by Crippen LogP contribution is 2.22. The van der Waals surface area contributed by atoms with E-state index in [-0.39, 0.29) is 0 Å². The molecule has 0 saturated heterocycles. The molecule has 0 spiro atoms. The van der Waals surface area contributed by atoms with E-state index in [1.165, 1.54) is 44.2 Å². The molecule has 19 heavy (non-hydrogen) atoms. The zero-order valence-corrected chi connectivity index (χ0v) is 13.5. The van der Waals surface area contributed by atoms with Gasteiger partial charge in [0.15, 0.2) is 0 Å². The van der Waals surface area contributed by atoms with E-state index in [2.05, 4.69) is 51.4 Å². The Morgan fingerprint density at radius 2 is 1.84 bits per heavy atom. The summed E-state index contributed by atoms with van der Waals surface area (Å²) in [6, 6.07) is 9.12. The topological polar surface area (TPSA) is 15.3 Å². The molecule has 1 aromatic carbocycles. The average Bonchev–Trinajstić information content (AvgIpc) is 2.70. The Balaban J connectivity index is 1.74. The Bertz CT molecular complexity index is 373. The second kappa shape index (κ2) is 7.91. The quantitative estimate of drug-likeness (QED) is 0.801. The molecule has 0 aliphatic heterocycles. The Labute approximate surface area is 125 Å². The van der Waals surface area contributed by atoms with Crippen molar-refractivity contribution in [3.63, 3.8) is 0 Å². The first-order valence-corrected chi connectivity index (χ1v) is 8.25. The van der Waals surface area contributed by atoms with Gasteiger partial charge in [-0.05, 0) is 48.0 Å². The van der Waals surface area contributed by atoms with Gasteiger partial charge in [-0.2, -0.15) is 0 Å². The summed E-state index contributed by atoms with van der Waals surface area (Å²) in [5.41, 5.74) is 1.19. The minimum Gasteiger partial charge on any atom is -0.383 e. The summed E-state index contributed by atoms with van der Waals surface area (Å²) in [6.45, 7) is 2.13. The summed E-state index contributed by atoms with van der Waals surface area (Å²) in [5, 5.41) is 3.51. The van der Waals surface area contributed by atoms with Gasteiger partial charge in [0, 0.05) is 29.3 Å². The van der Waals surface area contributed by atoms with E-state index in [0.717, 1.165) is 23.6 Å². The van der Waals surface area contributed by atoms with Crippen LogP contribution in [-0.2, 0) is 0 Å². The van der Waals surface area contributed by atoms with Gasteiger partial charge in [-0.1, -0.05) is 37.8 Å². The third-order valence-corrected chi connectivity index (χ3v) is 4.79. The van der Waals surface area contributed by atoms with Gasteiger partial charge in [-0.3, -0.25) is 0 Å². The van der Waals surface area contributed by atoms with Crippen molar-refractivity contribution in [1.29, 1.82) is 0 Å². The molecule has 1 N–H and O–H groups in total. The number of rotatable bonds is 5. The molecule has 0 atom stereocenters. The predicted molar refractivity (Wildman–Crippen MR) is 86.8 cm³/mol. The number of benzene rings is 1. The summed E-state index contributed by atoms with van der Waals surface area (Å²) in [6.07, 6.45) is 8.44. The monoisotopic (exact) mass is 324 g/mol. The van der Waals surface area contributed by atoms with E-state index in [1.54, 1.807) is 0 Å². The molecule has 1 aliphatic rings. The Morgan fingerprint density at radius 3 is 2.53 bits per heavy atom. The van der Waals surface area contributed by atoms with Crippen LogP contribution in [0, 0.1) is 0 Å². The van der Waals surface area contributed by atoms with Gasteiger partial charge in [-0.25, -0.2) is 0 Å². The van der Waals surface area contributed by atoms with E-state index in [0.29, 0.717) is 0 Å². The first-order valence-electron chi connectivity index (χ1n) is 7.46. The van der Waals surface area contributed by atoms with Crippen LogP contribution in [0.25, 0.3) is 0 Å². The summed E-state index contributed by atoms with van der Waals surface area (Å²) >= 11 is 3.57. The molecule has 0 aromatic heterocycles. The molecule has 2 rings (SSSR count). The van der Waals surface area contributed by atoms with Gasteiger partial charge < -0.3 is 10.2 Å². The molecule has 1 fully saturated rings. The zero-order chi connectivity index (χ0) is 13.5. The molecule has 1 saturated carbocycles. The smallest absolute Gasteiger partial charge is 0.0485 e. The van der Waals surface area contributed by atoms with Crippen LogP contribution in [0.4, 0.5) is 5.69 Å². The standard InChI is InChI=1S/C16H25BrN2/c1-19(14-8-4-2-3-5-9-14)13-12-18-16-11-7-6-10-15(16)17/h6-7,10-11,14,18H,2-5,8-9,12-13H2,1H3. The fourth-order valence-electron chi connectivity index (χ4n) is 2.85. The number of hydrogen-bond donors (Lipinski definition) is 1. The second-order valence-electron chi connectivity index (χ2n) is 5.53. The normalized spacial score (nSPS) is 17.4. The van der Waals surface area contributed by atoms with E-state index in [1.807, 2.05) is 6.07 Å². The Kier molecular flexibility index (Phi) is 6.18. The van der Waals surface area contributed by atoms with E-state index in [9.17, 15) is 0 Å². The summed E-state index contributed by atoms with van der Waals surface area (Å²) in [5.74, 6) is 0. The van der Waals surface area contributed by atoms with Gasteiger partial charge in [0.1, 0.15) is 0 Å². The number of hydrogen-bond acceptors (Lipinski definition) is 2. The van der Waals surface area contributed by atoms with E-state index < -0.39 is 0 Å². The Morgan fingerprint density at radius 1 is 1.16 bits per heavy atom. The van der Waals surface area contributed by atoms with Gasteiger partial charge in [-0.15, -0.1) is 0 Å². The molecule has 106 valence electrons. The maximum absolute atomic E-state index is 3.57. The highest BCUT2D eigenvalue weighted by Gasteiger charge is 2.16. The number of halogens is 1. The first kappa shape index (κ1) is 14.9. The van der Waals surface area contributed by atoms with Crippen molar-refractivity contribution >= 4 is 21.6 Å². The molecular formula is C16H25BrN2. The number of nitrogens with one attached hydrogen (secondary N) is 1. The minimum atomic E-state index is 0.795. The highest BCUT2D eigenvalue weighted by molar-refractivity contribution is 9.10. The molecule has 2 nitrogen and oxygen atoms in total. The number of para-hydroxylation sites is 1. The minimum absolute atomic E-state index is 0.795. The highest BCUT2D eigenvalue weighted by atomic mass is 79.9. The third-order valence-electron chi connectivity index (χ3n) is 4.10. The van der Waals surface area contributed by atoms with E-state index >= 15 is 0 Å². The first-order chi connectivity index (χ1) is 9.27. The van der Waals surface area contributed by atoms with Crippen molar-refractivity contribution in [2.75, 3.05) is 25.5 Å². The van der Waals surface area contributed by atoms with Gasteiger partial charge in [0.25, 0.3) is 0 Å². The summed E-state index contributed by atoms with van der Waals surface area (Å²) < 4.78 is 1.15. The molecule has 0 amide bonds. The van der Waals surface area contributed by atoms with Crippen LogP contribution in [0.15, 0.2) is 28.7 Å². The number of likely N-dealkylation sites (N-methyl/N-ethyl adjacent to an activating group) is 1. The fourth-order valence-corrected chi connectivity index (χ4v) is 3.28. The van der Waals surface area contributed by atoms with Crippen molar-refractivity contribution in [3.8, 4) is 0 Å². The van der Waals surface area contributed by atoms with Gasteiger partial charge >= 0.3 is 0 Å². The molecule has 1 aromatic rings. The maximum Gasteiger partial charge on any atom is 0.0485 e. The van der Waals surface area contributed by atoms with Crippen LogP contribution in [-0.4, -0.2) is 31.1 Å². The lowest BCUT2D eigenvalue weighted by molar-refractivity contribution is 0.229. The van der Waals surface area contributed by atoms with Crippen molar-refractivity contribution in [1.82, 2.24) is 4.90 Å². The zero-order valence-electron chi connectivity index (χ0n) is 11.9. The molecule has 0 heterocycles. The summed E-state index contributed by atoms with van der Waals surface area (Å²) in [4.78, 5) is 2.54. The van der Waals surface area contributed by atoms with Crippen LogP contribution in [0.1, 0.15) is 38.5 Å². The van der Waals surface area contributed by atoms with Crippen LogP contribution in [0.5, 0.6) is 0 Å². The lowest BCUT2D eigenvalue weighted by Gasteiger charge is -2.27. The lowest BCUT2D eigenvalue weighted by atomic mass is 10.1. The molecule has 1 aliphatic carbocycles. The number of nitrogens with zero attached hydrogens (tertiary/aromatic N) is 1. The Hall–Kier alpha value is -0.540. The molecule has 3 heteroatoms. The number of anilines is 1. The van der Waals surface area contributed by atoms with Crippen molar-refractivity contribution in [2.24, 2.45) is 0 Å². The van der Waals surface area contributed by atoms with Crippen LogP contribution >= 0.6 is 15.9 Å². The van der Waals surface area contributed by atoms with Gasteiger partial charge in [0.05, 0.1) is 0 Å². The SMILES string of the molecule is CN(CCNc1ccccc1Br)C1CCCCCC1. The molecule has 0 radical (unpaired) electrons. The molecule has 0 unspecified atom stereocenters. The largest absolute Gasteiger partial charge is 0.383 e. The maximum atomic E-state index is 3.57. The fraction of sp³-hybridized carbons (Fsp3) is 0.625. The van der Waals surface area contributed by atoms with Crippen LogP contribution in [0.3, 0.4) is 0 Å². The van der Waals surface area contributed by atoms with Gasteiger partial charge in [0.2, 0.25) is 0 Å². The van der Waals surface area contributed by atoms with Crippen LogP contribution < -0.4 is 5.32 Å². The molecule has 0 bridgehead atoms. The second-order valence-corrected chi connectivity index (χ2v) is 6.39. The van der Waals surface area contributed by atoms with Crippen LogP contribution in [0.2, 0.25) is 0 Å². The lowest BCUT2D eigenvalue weighted by Crippen LogP contribution is -2.35. The van der Waals surface area contributed by atoms with E-state index in [4.69, 9.17) is 0 Å². The third kappa shape index (κ3) is 4.81. The molecular weight excluding hydrogens is 300 g/mol. The van der Waals surface area contributed by atoms with Crippen molar-refractivity contribution < 1.29 is 0 Å². The van der Waals surface area contributed by atoms with Crippen molar-refractivity contribution in [2.45, 2.75) is 44.6 Å². The summed E-state index contributed by atoms with van der Waals surface area (Å²) in [7, 11) is 2.28.